The van der Waals surface area contributed by atoms with Gasteiger partial charge in [-0.05, 0) is 75.1 Å². The number of carbonyl (C=O) groups excluding carboxylic acids is 1. The molecule has 2 aromatic carbocycles. The van der Waals surface area contributed by atoms with Crippen LogP contribution >= 0.6 is 0 Å². The van der Waals surface area contributed by atoms with Gasteiger partial charge in [0.15, 0.2) is 0 Å². The smallest absolute Gasteiger partial charge is 0.246 e. The second kappa shape index (κ2) is 8.06. The van der Waals surface area contributed by atoms with Crippen LogP contribution in [0.4, 0.5) is 17.1 Å². The first-order valence-electron chi connectivity index (χ1n) is 9.11. The molecule has 0 unspecified atom stereocenters. The van der Waals surface area contributed by atoms with E-state index in [1.165, 1.54) is 24.9 Å². The first-order valence-corrected chi connectivity index (χ1v) is 9.11. The molecule has 1 aliphatic rings. The van der Waals surface area contributed by atoms with Gasteiger partial charge < -0.3 is 15.5 Å². The molecule has 3 rings (SSSR count). The molecule has 1 fully saturated rings. The number of hydrogen-bond acceptors (Lipinski definition) is 3. The van der Waals surface area contributed by atoms with E-state index in [2.05, 4.69) is 39.8 Å². The summed E-state index contributed by atoms with van der Waals surface area (Å²) in [5.74, 6) is -0.0364. The van der Waals surface area contributed by atoms with Gasteiger partial charge in [0.1, 0.15) is 6.04 Å². The van der Waals surface area contributed by atoms with Crippen LogP contribution in [0, 0.1) is 6.92 Å². The van der Waals surface area contributed by atoms with Crippen LogP contribution < -0.4 is 15.5 Å². The Labute approximate surface area is 150 Å². The summed E-state index contributed by atoms with van der Waals surface area (Å²) in [5.41, 5.74) is 4.19. The second-order valence-electron chi connectivity index (χ2n) is 6.82. The van der Waals surface area contributed by atoms with E-state index in [-0.39, 0.29) is 11.9 Å². The Kier molecular flexibility index (Phi) is 5.59. The molecule has 1 atom stereocenters. The number of anilines is 3. The summed E-state index contributed by atoms with van der Waals surface area (Å²) >= 11 is 0. The highest BCUT2D eigenvalue weighted by molar-refractivity contribution is 5.96. The molecule has 0 bridgehead atoms. The summed E-state index contributed by atoms with van der Waals surface area (Å²) in [5, 5.41) is 6.23. The predicted molar refractivity (Wildman–Crippen MR) is 105 cm³/mol. The molecule has 4 heteroatoms. The number of nitrogens with zero attached hydrogens (tertiary/aromatic N) is 1. The monoisotopic (exact) mass is 337 g/mol. The molecule has 1 heterocycles. The Bertz CT molecular complexity index is 705. The lowest BCUT2D eigenvalue weighted by molar-refractivity contribution is -0.116. The minimum absolute atomic E-state index is 0.0364. The largest absolute Gasteiger partial charge is 0.374 e. The van der Waals surface area contributed by atoms with Gasteiger partial charge in [0.05, 0.1) is 0 Å². The van der Waals surface area contributed by atoms with Crippen LogP contribution in [0.15, 0.2) is 48.5 Å². The number of nitrogens with one attached hydrogen (secondary N) is 2. The molecule has 4 nitrogen and oxygen atoms in total. The summed E-state index contributed by atoms with van der Waals surface area (Å²) in [7, 11) is 0. The van der Waals surface area contributed by atoms with Gasteiger partial charge in [0.2, 0.25) is 5.91 Å². The van der Waals surface area contributed by atoms with Crippen LogP contribution in [0.3, 0.4) is 0 Å². The Balaban J connectivity index is 1.56. The maximum absolute atomic E-state index is 12.4. The number of rotatable bonds is 5. The van der Waals surface area contributed by atoms with Crippen LogP contribution in [0.1, 0.15) is 31.7 Å². The maximum Gasteiger partial charge on any atom is 0.246 e. The van der Waals surface area contributed by atoms with E-state index in [0.29, 0.717) is 0 Å². The van der Waals surface area contributed by atoms with Crippen molar-refractivity contribution < 1.29 is 4.79 Å². The van der Waals surface area contributed by atoms with E-state index in [4.69, 9.17) is 0 Å². The van der Waals surface area contributed by atoms with Gasteiger partial charge in [-0.2, -0.15) is 0 Å². The number of benzene rings is 2. The third kappa shape index (κ3) is 4.75. The quantitative estimate of drug-likeness (QED) is 0.848. The van der Waals surface area contributed by atoms with Crippen molar-refractivity contribution >= 4 is 23.0 Å². The molecular formula is C21H27N3O. The number of aryl methyl sites for hydroxylation is 1. The highest BCUT2D eigenvalue weighted by Crippen LogP contribution is 2.22. The Hall–Kier alpha value is -2.49. The average Bonchev–Trinajstić information content (AvgIpc) is 2.63. The van der Waals surface area contributed by atoms with E-state index < -0.39 is 0 Å². The number of amides is 1. The van der Waals surface area contributed by atoms with Gasteiger partial charge in [0, 0.05) is 30.2 Å². The van der Waals surface area contributed by atoms with Crippen molar-refractivity contribution in [3.63, 3.8) is 0 Å². The van der Waals surface area contributed by atoms with Crippen LogP contribution in [0.25, 0.3) is 0 Å². The highest BCUT2D eigenvalue weighted by Gasteiger charge is 2.14. The fourth-order valence-electron chi connectivity index (χ4n) is 3.21. The summed E-state index contributed by atoms with van der Waals surface area (Å²) in [6, 6.07) is 15.9. The molecule has 1 saturated heterocycles. The molecule has 0 aromatic heterocycles. The summed E-state index contributed by atoms with van der Waals surface area (Å²) < 4.78 is 0. The van der Waals surface area contributed by atoms with Crippen molar-refractivity contribution in [3.8, 4) is 0 Å². The minimum Gasteiger partial charge on any atom is -0.374 e. The zero-order chi connectivity index (χ0) is 17.6. The first-order chi connectivity index (χ1) is 12.1. The van der Waals surface area contributed by atoms with Gasteiger partial charge >= 0.3 is 0 Å². The summed E-state index contributed by atoms with van der Waals surface area (Å²) in [6.07, 6.45) is 3.88. The van der Waals surface area contributed by atoms with E-state index in [1.807, 2.05) is 38.1 Å². The zero-order valence-corrected chi connectivity index (χ0v) is 15.1. The molecule has 1 aliphatic heterocycles. The average molecular weight is 337 g/mol. The van der Waals surface area contributed by atoms with E-state index in [9.17, 15) is 4.79 Å². The van der Waals surface area contributed by atoms with Crippen molar-refractivity contribution in [1.29, 1.82) is 0 Å². The highest BCUT2D eigenvalue weighted by atomic mass is 16.2. The van der Waals surface area contributed by atoms with Crippen molar-refractivity contribution in [1.82, 2.24) is 0 Å². The molecule has 2 N–H and O–H groups in total. The van der Waals surface area contributed by atoms with E-state index in [0.717, 1.165) is 30.0 Å². The second-order valence-corrected chi connectivity index (χ2v) is 6.82. The molecule has 0 saturated carbocycles. The van der Waals surface area contributed by atoms with Crippen molar-refractivity contribution in [2.45, 2.75) is 39.2 Å². The van der Waals surface area contributed by atoms with E-state index >= 15 is 0 Å². The third-order valence-corrected chi connectivity index (χ3v) is 4.65. The molecule has 0 radical (unpaired) electrons. The van der Waals surface area contributed by atoms with Crippen molar-refractivity contribution in [2.24, 2.45) is 0 Å². The van der Waals surface area contributed by atoms with Crippen molar-refractivity contribution in [3.05, 3.63) is 54.1 Å². The van der Waals surface area contributed by atoms with Gasteiger partial charge in [-0.1, -0.05) is 12.1 Å². The Morgan fingerprint density at radius 3 is 2.40 bits per heavy atom. The fourth-order valence-corrected chi connectivity index (χ4v) is 3.21. The van der Waals surface area contributed by atoms with Crippen molar-refractivity contribution in [2.75, 3.05) is 28.6 Å². The molecular weight excluding hydrogens is 310 g/mol. The van der Waals surface area contributed by atoms with Gasteiger partial charge in [0.25, 0.3) is 0 Å². The zero-order valence-electron chi connectivity index (χ0n) is 15.1. The molecule has 132 valence electrons. The van der Waals surface area contributed by atoms with Crippen LogP contribution in [0.5, 0.6) is 0 Å². The molecule has 0 aliphatic carbocycles. The summed E-state index contributed by atoms with van der Waals surface area (Å²) in [6.45, 7) is 6.18. The van der Waals surface area contributed by atoms with Crippen LogP contribution in [-0.4, -0.2) is 25.0 Å². The predicted octanol–water partition coefficient (Wildman–Crippen LogP) is 4.42. The molecule has 25 heavy (non-hydrogen) atoms. The van der Waals surface area contributed by atoms with Crippen LogP contribution in [-0.2, 0) is 4.79 Å². The number of piperidine rings is 1. The topological polar surface area (TPSA) is 44.4 Å². The lowest BCUT2D eigenvalue weighted by atomic mass is 10.1. The number of carbonyl (C=O) groups is 1. The number of hydrogen-bond donors (Lipinski definition) is 2. The minimum atomic E-state index is -0.304. The molecule has 1 amide bonds. The summed E-state index contributed by atoms with van der Waals surface area (Å²) in [4.78, 5) is 14.8. The Morgan fingerprint density at radius 2 is 1.72 bits per heavy atom. The lowest BCUT2D eigenvalue weighted by Gasteiger charge is -2.29. The van der Waals surface area contributed by atoms with Gasteiger partial charge in [-0.15, -0.1) is 0 Å². The molecule has 2 aromatic rings. The molecule has 0 spiro atoms. The fraction of sp³-hybridized carbons (Fsp3) is 0.381. The normalized spacial score (nSPS) is 15.5. The van der Waals surface area contributed by atoms with Crippen LogP contribution in [0.2, 0.25) is 0 Å². The third-order valence-electron chi connectivity index (χ3n) is 4.65. The lowest BCUT2D eigenvalue weighted by Crippen LogP contribution is -2.32. The Morgan fingerprint density at radius 1 is 1.00 bits per heavy atom. The standard InChI is InChI=1S/C21H27N3O/c1-16-7-6-8-19(15-16)23-21(25)17(2)22-18-9-11-20(12-10-18)24-13-4-3-5-14-24/h6-12,15,17,22H,3-5,13-14H2,1-2H3,(H,23,25)/t17-/m1/s1. The van der Waals surface area contributed by atoms with Gasteiger partial charge in [-0.3, -0.25) is 4.79 Å². The first kappa shape index (κ1) is 17.3. The SMILES string of the molecule is Cc1cccc(NC(=O)[C@@H](C)Nc2ccc(N3CCCCC3)cc2)c1. The van der Waals surface area contributed by atoms with E-state index in [1.54, 1.807) is 0 Å². The maximum atomic E-state index is 12.4. The van der Waals surface area contributed by atoms with Gasteiger partial charge in [-0.25, -0.2) is 0 Å².